The highest BCUT2D eigenvalue weighted by atomic mass is 32.2. The van der Waals surface area contributed by atoms with Gasteiger partial charge in [-0.15, -0.1) is 0 Å². The third-order valence-electron chi connectivity index (χ3n) is 3.65. The molecule has 0 spiro atoms. The SMILES string of the molecule is CSC1CCC(Nc2ccccc2S(C)(=O)=O)CC1. The quantitative estimate of drug-likeness (QED) is 0.927. The van der Waals surface area contributed by atoms with Crippen molar-refractivity contribution in [3.63, 3.8) is 0 Å². The van der Waals surface area contributed by atoms with E-state index < -0.39 is 9.84 Å². The van der Waals surface area contributed by atoms with Crippen LogP contribution in [0, 0.1) is 0 Å². The van der Waals surface area contributed by atoms with Gasteiger partial charge in [-0.2, -0.15) is 11.8 Å². The zero-order valence-corrected chi connectivity index (χ0v) is 13.1. The van der Waals surface area contributed by atoms with Gasteiger partial charge in [0.1, 0.15) is 0 Å². The van der Waals surface area contributed by atoms with E-state index in [9.17, 15) is 8.42 Å². The third kappa shape index (κ3) is 3.89. The number of benzene rings is 1. The average molecular weight is 299 g/mol. The molecule has 1 aliphatic rings. The number of hydrogen-bond acceptors (Lipinski definition) is 4. The second-order valence-corrected chi connectivity index (χ2v) is 8.24. The molecule has 5 heteroatoms. The zero-order chi connectivity index (χ0) is 13.9. The van der Waals surface area contributed by atoms with Gasteiger partial charge in [-0.1, -0.05) is 12.1 Å². The Morgan fingerprint density at radius 1 is 1.16 bits per heavy atom. The number of hydrogen-bond donors (Lipinski definition) is 1. The minimum atomic E-state index is -3.17. The summed E-state index contributed by atoms with van der Waals surface area (Å²) < 4.78 is 23.5. The van der Waals surface area contributed by atoms with E-state index in [1.165, 1.54) is 19.1 Å². The summed E-state index contributed by atoms with van der Waals surface area (Å²) in [6.45, 7) is 0. The number of sulfone groups is 1. The van der Waals surface area contributed by atoms with Crippen molar-refractivity contribution >= 4 is 27.3 Å². The molecule has 106 valence electrons. The number of para-hydroxylation sites is 1. The summed E-state index contributed by atoms with van der Waals surface area (Å²) >= 11 is 1.94. The van der Waals surface area contributed by atoms with E-state index >= 15 is 0 Å². The Balaban J connectivity index is 2.08. The highest BCUT2D eigenvalue weighted by Gasteiger charge is 2.22. The number of thioether (sulfide) groups is 1. The van der Waals surface area contributed by atoms with Crippen LogP contribution in [0.4, 0.5) is 5.69 Å². The van der Waals surface area contributed by atoms with Crippen molar-refractivity contribution in [1.29, 1.82) is 0 Å². The molecule has 0 radical (unpaired) electrons. The fourth-order valence-electron chi connectivity index (χ4n) is 2.57. The molecule has 19 heavy (non-hydrogen) atoms. The molecule has 0 atom stereocenters. The minimum absolute atomic E-state index is 0.395. The van der Waals surface area contributed by atoms with Crippen molar-refractivity contribution in [2.75, 3.05) is 17.8 Å². The third-order valence-corrected chi connectivity index (χ3v) is 5.95. The molecule has 1 saturated carbocycles. The van der Waals surface area contributed by atoms with Crippen LogP contribution in [0.5, 0.6) is 0 Å². The Morgan fingerprint density at radius 2 is 1.79 bits per heavy atom. The van der Waals surface area contributed by atoms with Crippen molar-refractivity contribution in [2.45, 2.75) is 41.9 Å². The Hall–Kier alpha value is -0.680. The van der Waals surface area contributed by atoms with E-state index in [-0.39, 0.29) is 0 Å². The van der Waals surface area contributed by atoms with Crippen LogP contribution in [0.15, 0.2) is 29.2 Å². The Kier molecular flexibility index (Phi) is 4.79. The lowest BCUT2D eigenvalue weighted by molar-refractivity contribution is 0.472. The van der Waals surface area contributed by atoms with Crippen molar-refractivity contribution < 1.29 is 8.42 Å². The van der Waals surface area contributed by atoms with Crippen LogP contribution in [-0.4, -0.2) is 32.2 Å². The van der Waals surface area contributed by atoms with E-state index in [1.807, 2.05) is 23.9 Å². The second kappa shape index (κ2) is 6.18. The standard InChI is InChI=1S/C14H21NO2S2/c1-18-12-9-7-11(8-10-12)15-13-5-3-4-6-14(13)19(2,16)17/h3-6,11-12,15H,7-10H2,1-2H3. The molecule has 1 aromatic rings. The normalized spacial score (nSPS) is 24.1. The average Bonchev–Trinajstić information content (AvgIpc) is 2.39. The van der Waals surface area contributed by atoms with Gasteiger partial charge in [0, 0.05) is 17.5 Å². The summed E-state index contributed by atoms with van der Waals surface area (Å²) in [5.41, 5.74) is 0.748. The van der Waals surface area contributed by atoms with Crippen LogP contribution in [-0.2, 0) is 9.84 Å². The van der Waals surface area contributed by atoms with E-state index in [1.54, 1.807) is 12.1 Å². The monoisotopic (exact) mass is 299 g/mol. The van der Waals surface area contributed by atoms with Gasteiger partial charge in [-0.3, -0.25) is 0 Å². The summed E-state index contributed by atoms with van der Waals surface area (Å²) in [4.78, 5) is 0.405. The molecular weight excluding hydrogens is 278 g/mol. The van der Waals surface area contributed by atoms with Gasteiger partial charge in [0.05, 0.1) is 10.6 Å². The van der Waals surface area contributed by atoms with Gasteiger partial charge >= 0.3 is 0 Å². The number of nitrogens with one attached hydrogen (secondary N) is 1. The summed E-state index contributed by atoms with van der Waals surface area (Å²) in [5, 5.41) is 4.18. The fraction of sp³-hybridized carbons (Fsp3) is 0.571. The highest BCUT2D eigenvalue weighted by molar-refractivity contribution is 7.99. The molecule has 3 nitrogen and oxygen atoms in total. The van der Waals surface area contributed by atoms with Crippen molar-refractivity contribution in [3.8, 4) is 0 Å². The van der Waals surface area contributed by atoms with Gasteiger partial charge in [0.15, 0.2) is 9.84 Å². The van der Waals surface area contributed by atoms with Gasteiger partial charge < -0.3 is 5.32 Å². The first-order chi connectivity index (χ1) is 9.00. The van der Waals surface area contributed by atoms with Crippen molar-refractivity contribution in [2.24, 2.45) is 0 Å². The molecule has 1 N–H and O–H groups in total. The molecule has 2 rings (SSSR count). The van der Waals surface area contributed by atoms with Crippen LogP contribution < -0.4 is 5.32 Å². The molecule has 0 aromatic heterocycles. The van der Waals surface area contributed by atoms with E-state index in [2.05, 4.69) is 11.6 Å². The van der Waals surface area contributed by atoms with E-state index in [0.717, 1.165) is 23.8 Å². The smallest absolute Gasteiger partial charge is 0.177 e. The zero-order valence-electron chi connectivity index (χ0n) is 11.4. The van der Waals surface area contributed by atoms with Crippen LogP contribution in [0.25, 0.3) is 0 Å². The van der Waals surface area contributed by atoms with Crippen molar-refractivity contribution in [1.82, 2.24) is 0 Å². The fourth-order valence-corrected chi connectivity index (χ4v) is 4.17. The van der Waals surface area contributed by atoms with Crippen LogP contribution in [0.1, 0.15) is 25.7 Å². The molecule has 1 aliphatic carbocycles. The van der Waals surface area contributed by atoms with Crippen LogP contribution in [0.2, 0.25) is 0 Å². The molecule has 0 amide bonds. The molecule has 0 heterocycles. The second-order valence-electron chi connectivity index (χ2n) is 5.12. The Labute approximate surface area is 120 Å². The number of anilines is 1. The lowest BCUT2D eigenvalue weighted by Crippen LogP contribution is -2.27. The van der Waals surface area contributed by atoms with Crippen LogP contribution in [0.3, 0.4) is 0 Å². The maximum Gasteiger partial charge on any atom is 0.177 e. The molecular formula is C14H21NO2S2. The van der Waals surface area contributed by atoms with Crippen molar-refractivity contribution in [3.05, 3.63) is 24.3 Å². The molecule has 0 aliphatic heterocycles. The van der Waals surface area contributed by atoms with Gasteiger partial charge in [0.2, 0.25) is 0 Å². The molecule has 0 saturated heterocycles. The first-order valence-corrected chi connectivity index (χ1v) is 9.77. The lowest BCUT2D eigenvalue weighted by atomic mass is 9.95. The van der Waals surface area contributed by atoms with E-state index in [4.69, 9.17) is 0 Å². The first-order valence-electron chi connectivity index (χ1n) is 6.59. The Bertz CT molecular complexity index is 520. The summed E-state index contributed by atoms with van der Waals surface area (Å²) in [6, 6.07) is 7.57. The lowest BCUT2D eigenvalue weighted by Gasteiger charge is -2.29. The Morgan fingerprint density at radius 3 is 2.37 bits per heavy atom. The largest absolute Gasteiger partial charge is 0.381 e. The molecule has 0 unspecified atom stereocenters. The topological polar surface area (TPSA) is 46.2 Å². The van der Waals surface area contributed by atoms with Gasteiger partial charge in [0.25, 0.3) is 0 Å². The van der Waals surface area contributed by atoms with E-state index in [0.29, 0.717) is 10.9 Å². The predicted molar refractivity (Wildman–Crippen MR) is 82.7 cm³/mol. The summed E-state index contributed by atoms with van der Waals surface area (Å²) in [5.74, 6) is 0. The molecule has 1 fully saturated rings. The number of rotatable bonds is 4. The maximum atomic E-state index is 11.8. The minimum Gasteiger partial charge on any atom is -0.381 e. The highest BCUT2D eigenvalue weighted by Crippen LogP contribution is 2.30. The molecule has 1 aromatic carbocycles. The molecule has 0 bridgehead atoms. The summed E-state index contributed by atoms with van der Waals surface area (Å²) in [6.07, 6.45) is 8.07. The maximum absolute atomic E-state index is 11.8. The predicted octanol–water partition coefficient (Wildman–Crippen LogP) is 3.18. The van der Waals surface area contributed by atoms with Gasteiger partial charge in [-0.25, -0.2) is 8.42 Å². The van der Waals surface area contributed by atoms with Gasteiger partial charge in [-0.05, 0) is 44.1 Å². The summed E-state index contributed by atoms with van der Waals surface area (Å²) in [7, 11) is -3.17. The first kappa shape index (κ1) is 14.7. The van der Waals surface area contributed by atoms with Crippen LogP contribution >= 0.6 is 11.8 Å².